The molecule has 3 atom stereocenters. The first kappa shape index (κ1) is 18.9. The fourth-order valence-electron chi connectivity index (χ4n) is 5.47. The second-order valence-corrected chi connectivity index (χ2v) is 8.71. The van der Waals surface area contributed by atoms with Gasteiger partial charge < -0.3 is 14.7 Å². The van der Waals surface area contributed by atoms with Gasteiger partial charge in [0.15, 0.2) is 0 Å². The van der Waals surface area contributed by atoms with E-state index >= 15 is 0 Å². The molecular formula is C22H28N4O2. The second-order valence-electron chi connectivity index (χ2n) is 8.71. The molecule has 28 heavy (non-hydrogen) atoms. The fourth-order valence-corrected chi connectivity index (χ4v) is 5.47. The first-order chi connectivity index (χ1) is 13.5. The Labute approximate surface area is 166 Å². The number of likely N-dealkylation sites (N-methyl/N-ethyl adjacent to an activating group) is 1. The molecule has 0 N–H and O–H groups in total. The smallest absolute Gasteiger partial charge is 0.254 e. The van der Waals surface area contributed by atoms with Crippen LogP contribution in [0.5, 0.6) is 0 Å². The van der Waals surface area contributed by atoms with Crippen molar-refractivity contribution in [3.63, 3.8) is 0 Å². The van der Waals surface area contributed by atoms with Crippen LogP contribution in [0.2, 0.25) is 0 Å². The maximum atomic E-state index is 13.5. The molecule has 0 radical (unpaired) electrons. The molecule has 6 heteroatoms. The largest absolute Gasteiger partial charge is 0.341 e. The molecular weight excluding hydrogens is 352 g/mol. The maximum Gasteiger partial charge on any atom is 0.254 e. The van der Waals surface area contributed by atoms with Crippen molar-refractivity contribution < 1.29 is 9.59 Å². The molecule has 3 saturated heterocycles. The van der Waals surface area contributed by atoms with Crippen LogP contribution in [0, 0.1) is 16.7 Å². The highest BCUT2D eigenvalue weighted by atomic mass is 16.2. The summed E-state index contributed by atoms with van der Waals surface area (Å²) in [6.07, 6.45) is 4.61. The van der Waals surface area contributed by atoms with E-state index in [0.717, 1.165) is 51.7 Å². The zero-order valence-electron chi connectivity index (χ0n) is 16.7. The molecule has 1 aromatic rings. The number of piperidine rings is 1. The maximum absolute atomic E-state index is 13.5. The molecule has 3 aliphatic heterocycles. The minimum atomic E-state index is -0.393. The first-order valence-electron chi connectivity index (χ1n) is 10.2. The molecule has 6 nitrogen and oxygen atoms in total. The van der Waals surface area contributed by atoms with Crippen molar-refractivity contribution in [2.75, 3.05) is 33.7 Å². The van der Waals surface area contributed by atoms with Crippen LogP contribution in [-0.2, 0) is 4.79 Å². The summed E-state index contributed by atoms with van der Waals surface area (Å²) in [5.41, 5.74) is 0.771. The summed E-state index contributed by atoms with van der Waals surface area (Å²) in [4.78, 5) is 32.8. The number of amides is 2. The molecule has 0 unspecified atom stereocenters. The number of nitrogens with zero attached hydrogens (tertiary/aromatic N) is 4. The van der Waals surface area contributed by atoms with E-state index in [1.807, 2.05) is 23.9 Å². The number of likely N-dealkylation sites (tertiary alicyclic amines) is 1. The zero-order valence-corrected chi connectivity index (χ0v) is 16.7. The summed E-state index contributed by atoms with van der Waals surface area (Å²) in [5, 5.41) is 8.98. The molecule has 3 heterocycles. The van der Waals surface area contributed by atoms with E-state index in [1.54, 1.807) is 24.3 Å². The number of fused-ring (bicyclic) bond motifs is 3. The Kier molecular flexibility index (Phi) is 4.88. The summed E-state index contributed by atoms with van der Waals surface area (Å²) in [6.45, 7) is 2.45. The van der Waals surface area contributed by atoms with Gasteiger partial charge in [0.1, 0.15) is 0 Å². The lowest BCUT2D eigenvalue weighted by molar-refractivity contribution is -0.148. The number of rotatable bonds is 4. The average Bonchev–Trinajstić information content (AvgIpc) is 3.25. The lowest BCUT2D eigenvalue weighted by Gasteiger charge is -2.44. The van der Waals surface area contributed by atoms with Crippen molar-refractivity contribution in [1.82, 2.24) is 14.7 Å². The van der Waals surface area contributed by atoms with Crippen molar-refractivity contribution in [1.29, 1.82) is 5.26 Å². The first-order valence-corrected chi connectivity index (χ1v) is 10.2. The Balaban J connectivity index is 1.56. The molecule has 2 bridgehead atoms. The molecule has 148 valence electrons. The number of nitriles is 1. The summed E-state index contributed by atoms with van der Waals surface area (Å²) in [5.74, 6) is 0.262. The van der Waals surface area contributed by atoms with Crippen LogP contribution in [0.1, 0.15) is 48.0 Å². The van der Waals surface area contributed by atoms with Gasteiger partial charge in [-0.3, -0.25) is 9.59 Å². The molecule has 3 fully saturated rings. The van der Waals surface area contributed by atoms with Gasteiger partial charge >= 0.3 is 0 Å². The van der Waals surface area contributed by atoms with Crippen molar-refractivity contribution in [2.24, 2.45) is 5.41 Å². The second kappa shape index (κ2) is 7.21. The van der Waals surface area contributed by atoms with Crippen molar-refractivity contribution in [3.05, 3.63) is 35.4 Å². The molecule has 1 aromatic carbocycles. The molecule has 0 aliphatic carbocycles. The number of hydrogen-bond donors (Lipinski definition) is 0. The number of carbonyl (C=O) groups is 2. The van der Waals surface area contributed by atoms with Gasteiger partial charge in [-0.1, -0.05) is 0 Å². The van der Waals surface area contributed by atoms with E-state index in [-0.39, 0.29) is 23.9 Å². The normalized spacial score (nSPS) is 29.0. The summed E-state index contributed by atoms with van der Waals surface area (Å²) in [6, 6.07) is 9.11. The topological polar surface area (TPSA) is 67.7 Å². The van der Waals surface area contributed by atoms with E-state index in [2.05, 4.69) is 11.0 Å². The molecule has 2 amide bonds. The van der Waals surface area contributed by atoms with Gasteiger partial charge in [-0.05, 0) is 70.5 Å². The minimum absolute atomic E-state index is 0.00656. The molecule has 0 aromatic heterocycles. The van der Waals surface area contributed by atoms with Gasteiger partial charge in [0.2, 0.25) is 5.91 Å². The van der Waals surface area contributed by atoms with Gasteiger partial charge in [-0.25, -0.2) is 0 Å². The van der Waals surface area contributed by atoms with Gasteiger partial charge in [-0.2, -0.15) is 5.26 Å². The van der Waals surface area contributed by atoms with Crippen LogP contribution in [0.15, 0.2) is 24.3 Å². The SMILES string of the molecule is CN(C)CCN1CCC[C@@]2(C[C@H]3CC[C@H]2N3C(=O)c2ccc(C#N)cc2)C1=O. The van der Waals surface area contributed by atoms with E-state index in [0.29, 0.717) is 11.1 Å². The zero-order chi connectivity index (χ0) is 19.9. The van der Waals surface area contributed by atoms with Crippen molar-refractivity contribution in [2.45, 2.75) is 44.2 Å². The molecule has 3 aliphatic rings. The third kappa shape index (κ3) is 2.98. The summed E-state index contributed by atoms with van der Waals surface area (Å²) >= 11 is 0. The fraction of sp³-hybridized carbons (Fsp3) is 0.591. The summed E-state index contributed by atoms with van der Waals surface area (Å²) < 4.78 is 0. The highest BCUT2D eigenvalue weighted by Crippen LogP contribution is 2.54. The Morgan fingerprint density at radius 3 is 2.71 bits per heavy atom. The third-order valence-electron chi connectivity index (χ3n) is 6.82. The van der Waals surface area contributed by atoms with Crippen molar-refractivity contribution in [3.8, 4) is 6.07 Å². The van der Waals surface area contributed by atoms with Crippen LogP contribution in [0.3, 0.4) is 0 Å². The quantitative estimate of drug-likeness (QED) is 0.802. The predicted molar refractivity (Wildman–Crippen MR) is 106 cm³/mol. The highest BCUT2D eigenvalue weighted by molar-refractivity contribution is 5.96. The number of benzene rings is 1. The third-order valence-corrected chi connectivity index (χ3v) is 6.82. The highest BCUT2D eigenvalue weighted by Gasteiger charge is 2.62. The minimum Gasteiger partial charge on any atom is -0.341 e. The molecule has 1 spiro atoms. The standard InChI is InChI=1S/C22H28N4O2/c1-24(2)12-13-25-11-3-10-22(21(25)28)14-18-8-9-19(22)26(18)20(27)17-6-4-16(15-23)5-7-17/h4-7,18-19H,3,8-14H2,1-2H3/t18-,19-,22+/m1/s1. The lowest BCUT2D eigenvalue weighted by Crippen LogP contribution is -2.55. The van der Waals surface area contributed by atoms with Crippen LogP contribution in [0.25, 0.3) is 0 Å². The average molecular weight is 380 g/mol. The Bertz CT molecular complexity index is 813. The number of carbonyl (C=O) groups excluding carboxylic acids is 2. The Hall–Kier alpha value is -2.39. The number of hydrogen-bond acceptors (Lipinski definition) is 4. The Morgan fingerprint density at radius 2 is 2.04 bits per heavy atom. The van der Waals surface area contributed by atoms with Gasteiger partial charge in [0.05, 0.1) is 17.0 Å². The van der Waals surface area contributed by atoms with E-state index in [9.17, 15) is 9.59 Å². The van der Waals surface area contributed by atoms with Gasteiger partial charge in [-0.15, -0.1) is 0 Å². The lowest BCUT2D eigenvalue weighted by atomic mass is 9.68. The van der Waals surface area contributed by atoms with E-state index in [4.69, 9.17) is 5.26 Å². The van der Waals surface area contributed by atoms with Crippen LogP contribution in [-0.4, -0.2) is 72.3 Å². The van der Waals surface area contributed by atoms with Gasteiger partial charge in [0.25, 0.3) is 5.91 Å². The monoisotopic (exact) mass is 380 g/mol. The predicted octanol–water partition coefficient (Wildman–Crippen LogP) is 2.11. The van der Waals surface area contributed by atoms with Crippen molar-refractivity contribution >= 4 is 11.8 Å². The van der Waals surface area contributed by atoms with Crippen LogP contribution < -0.4 is 0 Å². The van der Waals surface area contributed by atoms with E-state index in [1.165, 1.54) is 0 Å². The van der Waals surface area contributed by atoms with Gasteiger partial charge in [0, 0.05) is 37.3 Å². The van der Waals surface area contributed by atoms with E-state index < -0.39 is 5.41 Å². The van der Waals surface area contributed by atoms with Crippen LogP contribution >= 0.6 is 0 Å². The summed E-state index contributed by atoms with van der Waals surface area (Å²) in [7, 11) is 4.05. The van der Waals surface area contributed by atoms with Crippen LogP contribution in [0.4, 0.5) is 0 Å². The molecule has 0 saturated carbocycles. The molecule has 4 rings (SSSR count). The Morgan fingerprint density at radius 1 is 1.29 bits per heavy atom.